The molecule has 0 heterocycles. The van der Waals surface area contributed by atoms with Crippen LogP contribution >= 0.6 is 11.6 Å². The van der Waals surface area contributed by atoms with Crippen molar-refractivity contribution in [1.82, 2.24) is 0 Å². The molecule has 0 unspecified atom stereocenters. The second-order valence-corrected chi connectivity index (χ2v) is 5.79. The van der Waals surface area contributed by atoms with E-state index in [0.29, 0.717) is 0 Å². The van der Waals surface area contributed by atoms with E-state index in [1.165, 1.54) is 46.7 Å². The van der Waals surface area contributed by atoms with Crippen LogP contribution in [0.4, 0.5) is 0 Å². The first-order valence-electron chi connectivity index (χ1n) is 6.93. The topological polar surface area (TPSA) is 0 Å². The van der Waals surface area contributed by atoms with Crippen molar-refractivity contribution in [3.05, 3.63) is 64.2 Å². The summed E-state index contributed by atoms with van der Waals surface area (Å²) in [6.45, 7) is 0. The number of aryl methyl sites for hydroxylation is 1. The third-order valence-electron chi connectivity index (χ3n) is 4.36. The molecule has 2 aliphatic rings. The molecular formula is C18H15Cl. The highest BCUT2D eigenvalue weighted by Crippen LogP contribution is 2.40. The van der Waals surface area contributed by atoms with Gasteiger partial charge in [-0.2, -0.15) is 0 Å². The molecule has 0 nitrogen and oxygen atoms in total. The third kappa shape index (κ3) is 1.67. The first kappa shape index (κ1) is 11.3. The quantitative estimate of drug-likeness (QED) is 0.587. The summed E-state index contributed by atoms with van der Waals surface area (Å²) in [7, 11) is 0. The average molecular weight is 267 g/mol. The molecule has 0 atom stereocenters. The second-order valence-electron chi connectivity index (χ2n) is 5.38. The van der Waals surface area contributed by atoms with Crippen molar-refractivity contribution in [3.8, 4) is 0 Å². The maximum Gasteiger partial charge on any atom is 0.0484 e. The molecule has 4 rings (SSSR count). The van der Waals surface area contributed by atoms with Crippen LogP contribution in [0.2, 0.25) is 5.02 Å². The van der Waals surface area contributed by atoms with Crippen molar-refractivity contribution in [1.29, 1.82) is 0 Å². The lowest BCUT2D eigenvalue weighted by Gasteiger charge is -2.25. The predicted molar refractivity (Wildman–Crippen MR) is 82.6 cm³/mol. The Balaban J connectivity index is 2.04. The smallest absolute Gasteiger partial charge is 0.0484 e. The van der Waals surface area contributed by atoms with Gasteiger partial charge in [-0.3, -0.25) is 0 Å². The van der Waals surface area contributed by atoms with Gasteiger partial charge in [0.05, 0.1) is 0 Å². The zero-order valence-corrected chi connectivity index (χ0v) is 11.5. The molecular weight excluding hydrogens is 252 g/mol. The molecule has 2 aliphatic carbocycles. The van der Waals surface area contributed by atoms with Gasteiger partial charge in [-0.25, -0.2) is 0 Å². The minimum Gasteiger partial charge on any atom is -0.0837 e. The molecule has 0 N–H and O–H groups in total. The van der Waals surface area contributed by atoms with Crippen LogP contribution in [0.5, 0.6) is 0 Å². The molecule has 0 saturated heterocycles. The van der Waals surface area contributed by atoms with E-state index < -0.39 is 0 Å². The van der Waals surface area contributed by atoms with Crippen LogP contribution in [0.25, 0.3) is 16.3 Å². The fraction of sp³-hybridized carbons (Fsp3) is 0.222. The van der Waals surface area contributed by atoms with Crippen molar-refractivity contribution in [3.63, 3.8) is 0 Å². The number of fused-ring (bicyclic) bond motifs is 4. The number of hydrogen-bond acceptors (Lipinski definition) is 0. The summed E-state index contributed by atoms with van der Waals surface area (Å²) in [5.74, 6) is 0. The lowest BCUT2D eigenvalue weighted by Crippen LogP contribution is -2.07. The summed E-state index contributed by atoms with van der Waals surface area (Å²) in [5, 5.41) is 3.38. The standard InChI is InChI=1S/C18H15Cl/c19-18-7-3-6-14-16-9-8-12-4-1-2-5-13(12)15(16)10-11-17(14)18/h2-3,5-7,10-11H,1,4,8-9H2. The van der Waals surface area contributed by atoms with Crippen LogP contribution in [0, 0.1) is 0 Å². The minimum atomic E-state index is 0.860. The first-order valence-corrected chi connectivity index (χ1v) is 7.31. The van der Waals surface area contributed by atoms with Gasteiger partial charge in [0, 0.05) is 10.4 Å². The van der Waals surface area contributed by atoms with Gasteiger partial charge in [-0.15, -0.1) is 0 Å². The van der Waals surface area contributed by atoms with Crippen LogP contribution in [-0.2, 0) is 6.42 Å². The molecule has 1 heteroatoms. The van der Waals surface area contributed by atoms with E-state index in [1.54, 1.807) is 5.57 Å². The normalized spacial score (nSPS) is 17.5. The predicted octanol–water partition coefficient (Wildman–Crippen LogP) is 5.54. The fourth-order valence-corrected chi connectivity index (χ4v) is 3.67. The van der Waals surface area contributed by atoms with E-state index in [-0.39, 0.29) is 0 Å². The lowest BCUT2D eigenvalue weighted by molar-refractivity contribution is 0.831. The minimum absolute atomic E-state index is 0.860. The summed E-state index contributed by atoms with van der Waals surface area (Å²) in [6, 6.07) is 10.7. The van der Waals surface area contributed by atoms with Gasteiger partial charge in [0.25, 0.3) is 0 Å². The Morgan fingerprint density at radius 3 is 2.79 bits per heavy atom. The van der Waals surface area contributed by atoms with Crippen molar-refractivity contribution in [2.45, 2.75) is 25.7 Å². The van der Waals surface area contributed by atoms with Gasteiger partial charge >= 0.3 is 0 Å². The molecule has 2 aromatic rings. The highest BCUT2D eigenvalue weighted by Gasteiger charge is 2.20. The molecule has 2 aromatic carbocycles. The molecule has 19 heavy (non-hydrogen) atoms. The Morgan fingerprint density at radius 2 is 1.84 bits per heavy atom. The molecule has 94 valence electrons. The van der Waals surface area contributed by atoms with Gasteiger partial charge in [0.15, 0.2) is 0 Å². The number of halogens is 1. The van der Waals surface area contributed by atoms with E-state index in [2.05, 4.69) is 36.4 Å². The highest BCUT2D eigenvalue weighted by atomic mass is 35.5. The Morgan fingerprint density at radius 1 is 0.895 bits per heavy atom. The third-order valence-corrected chi connectivity index (χ3v) is 4.69. The average Bonchev–Trinajstić information content (AvgIpc) is 2.47. The molecule has 0 saturated carbocycles. The molecule has 0 radical (unpaired) electrons. The summed E-state index contributed by atoms with van der Waals surface area (Å²) in [4.78, 5) is 0. The van der Waals surface area contributed by atoms with E-state index >= 15 is 0 Å². The second kappa shape index (κ2) is 4.25. The van der Waals surface area contributed by atoms with Gasteiger partial charge in [-0.05, 0) is 53.8 Å². The van der Waals surface area contributed by atoms with Crippen LogP contribution in [0.1, 0.15) is 30.4 Å². The highest BCUT2D eigenvalue weighted by molar-refractivity contribution is 6.35. The first-order chi connectivity index (χ1) is 9.34. The molecule has 0 spiro atoms. The van der Waals surface area contributed by atoms with Crippen LogP contribution in [0.15, 0.2) is 48.1 Å². The van der Waals surface area contributed by atoms with Crippen LogP contribution in [0.3, 0.4) is 0 Å². The Bertz CT molecular complexity index is 735. The molecule has 0 aliphatic heterocycles. The van der Waals surface area contributed by atoms with E-state index in [1.807, 2.05) is 6.07 Å². The van der Waals surface area contributed by atoms with Crippen LogP contribution < -0.4 is 0 Å². The van der Waals surface area contributed by atoms with Crippen LogP contribution in [-0.4, -0.2) is 0 Å². The Kier molecular flexibility index (Phi) is 2.53. The summed E-state index contributed by atoms with van der Waals surface area (Å²) < 4.78 is 0. The summed E-state index contributed by atoms with van der Waals surface area (Å²) in [6.07, 6.45) is 9.41. The largest absolute Gasteiger partial charge is 0.0837 e. The summed E-state index contributed by atoms with van der Waals surface area (Å²) >= 11 is 6.31. The van der Waals surface area contributed by atoms with Crippen molar-refractivity contribution < 1.29 is 0 Å². The molecule has 0 fully saturated rings. The summed E-state index contributed by atoms with van der Waals surface area (Å²) in [5.41, 5.74) is 6.00. The monoisotopic (exact) mass is 266 g/mol. The molecule has 0 aromatic heterocycles. The number of rotatable bonds is 0. The van der Waals surface area contributed by atoms with Gasteiger partial charge in [-0.1, -0.05) is 53.6 Å². The van der Waals surface area contributed by atoms with Gasteiger partial charge in [0.2, 0.25) is 0 Å². The van der Waals surface area contributed by atoms with Gasteiger partial charge < -0.3 is 0 Å². The zero-order valence-electron chi connectivity index (χ0n) is 10.7. The number of hydrogen-bond donors (Lipinski definition) is 0. The maximum absolute atomic E-state index is 6.31. The van der Waals surface area contributed by atoms with E-state index in [4.69, 9.17) is 11.6 Å². The fourth-order valence-electron chi connectivity index (χ4n) is 3.43. The number of benzene rings is 2. The van der Waals surface area contributed by atoms with Crippen molar-refractivity contribution in [2.75, 3.05) is 0 Å². The van der Waals surface area contributed by atoms with Gasteiger partial charge in [0.1, 0.15) is 0 Å². The van der Waals surface area contributed by atoms with Crippen molar-refractivity contribution >= 4 is 27.9 Å². The van der Waals surface area contributed by atoms with E-state index in [0.717, 1.165) is 11.4 Å². The lowest BCUT2D eigenvalue weighted by atomic mass is 9.79. The Labute approximate surface area is 118 Å². The zero-order chi connectivity index (χ0) is 12.8. The number of allylic oxidation sites excluding steroid dienone is 4. The molecule has 0 amide bonds. The SMILES string of the molecule is Clc1cccc2c3c(ccc12)C1=C(CCC=C1)CC3. The molecule has 0 bridgehead atoms. The van der Waals surface area contributed by atoms with E-state index in [9.17, 15) is 0 Å². The van der Waals surface area contributed by atoms with Crippen molar-refractivity contribution in [2.24, 2.45) is 0 Å². The Hall–Kier alpha value is -1.53. The maximum atomic E-state index is 6.31.